The van der Waals surface area contributed by atoms with Gasteiger partial charge in [0.25, 0.3) is 0 Å². The second-order valence-electron chi connectivity index (χ2n) is 7.63. The molecule has 2 aromatic carbocycles. The van der Waals surface area contributed by atoms with Gasteiger partial charge in [-0.3, -0.25) is 14.4 Å². The molecule has 1 heterocycles. The Morgan fingerprint density at radius 2 is 1.52 bits per heavy atom. The molecule has 1 fully saturated rings. The lowest BCUT2D eigenvalue weighted by atomic mass is 10.0. The van der Waals surface area contributed by atoms with Gasteiger partial charge in [-0.05, 0) is 36.8 Å². The highest BCUT2D eigenvalue weighted by atomic mass is 16.6. The van der Waals surface area contributed by atoms with E-state index in [-0.39, 0.29) is 32.7 Å². The van der Waals surface area contributed by atoms with E-state index in [9.17, 15) is 19.2 Å². The van der Waals surface area contributed by atoms with Crippen molar-refractivity contribution in [3.05, 3.63) is 42.5 Å². The van der Waals surface area contributed by atoms with Gasteiger partial charge in [0.1, 0.15) is 5.92 Å². The minimum Gasteiger partial charge on any atom is -0.465 e. The van der Waals surface area contributed by atoms with Crippen LogP contribution < -0.4 is 5.32 Å². The average Bonchev–Trinajstić information content (AvgIpc) is 2.82. The summed E-state index contributed by atoms with van der Waals surface area (Å²) in [4.78, 5) is 53.2. The molecule has 3 amide bonds. The van der Waals surface area contributed by atoms with E-state index in [4.69, 9.17) is 9.47 Å². The Hall–Kier alpha value is -3.62. The predicted molar refractivity (Wildman–Crippen MR) is 122 cm³/mol. The van der Waals surface area contributed by atoms with Gasteiger partial charge in [-0.25, -0.2) is 4.79 Å². The number of anilines is 1. The first-order valence-electron chi connectivity index (χ1n) is 11.1. The third kappa shape index (κ3) is 6.21. The van der Waals surface area contributed by atoms with Crippen molar-refractivity contribution in [2.24, 2.45) is 5.92 Å². The van der Waals surface area contributed by atoms with Crippen molar-refractivity contribution in [1.29, 1.82) is 0 Å². The number of amides is 3. The molecule has 9 nitrogen and oxygen atoms in total. The van der Waals surface area contributed by atoms with Crippen LogP contribution in [0.1, 0.15) is 20.3 Å². The van der Waals surface area contributed by atoms with Crippen LogP contribution in [-0.4, -0.2) is 73.1 Å². The van der Waals surface area contributed by atoms with Crippen LogP contribution >= 0.6 is 0 Å². The van der Waals surface area contributed by atoms with Crippen LogP contribution in [0.5, 0.6) is 0 Å². The highest BCUT2D eigenvalue weighted by Gasteiger charge is 2.36. The molecule has 1 saturated heterocycles. The highest BCUT2D eigenvalue weighted by Crippen LogP contribution is 2.20. The fraction of sp³-hybridized carbons (Fsp3) is 0.417. The zero-order valence-electron chi connectivity index (χ0n) is 18.9. The number of nitrogens with one attached hydrogen (secondary N) is 1. The molecule has 0 saturated carbocycles. The van der Waals surface area contributed by atoms with Gasteiger partial charge < -0.3 is 24.6 Å². The largest absolute Gasteiger partial charge is 0.465 e. The summed E-state index contributed by atoms with van der Waals surface area (Å²) in [7, 11) is 0. The molecule has 33 heavy (non-hydrogen) atoms. The summed E-state index contributed by atoms with van der Waals surface area (Å²) in [6.07, 6.45) is -0.760. The van der Waals surface area contributed by atoms with Crippen LogP contribution in [0.4, 0.5) is 10.5 Å². The molecule has 9 heteroatoms. The molecule has 2 aromatic rings. The van der Waals surface area contributed by atoms with Crippen LogP contribution in [0, 0.1) is 5.92 Å². The van der Waals surface area contributed by atoms with Crippen molar-refractivity contribution in [3.8, 4) is 0 Å². The minimum absolute atomic E-state index is 0.103. The van der Waals surface area contributed by atoms with Gasteiger partial charge in [-0.2, -0.15) is 0 Å². The van der Waals surface area contributed by atoms with Gasteiger partial charge in [0, 0.05) is 38.3 Å². The fourth-order valence-electron chi connectivity index (χ4n) is 3.72. The molecular weight excluding hydrogens is 426 g/mol. The maximum atomic E-state index is 13.1. The predicted octanol–water partition coefficient (Wildman–Crippen LogP) is 2.65. The Morgan fingerprint density at radius 3 is 2.18 bits per heavy atom. The van der Waals surface area contributed by atoms with E-state index < -0.39 is 29.8 Å². The van der Waals surface area contributed by atoms with E-state index in [2.05, 4.69) is 5.32 Å². The normalized spacial score (nSPS) is 14.5. The van der Waals surface area contributed by atoms with Crippen LogP contribution in [-0.2, 0) is 23.9 Å². The number of fused-ring (bicyclic) bond motifs is 1. The molecule has 1 aliphatic heterocycles. The number of hydrogen-bond donors (Lipinski definition) is 1. The average molecular weight is 456 g/mol. The van der Waals surface area contributed by atoms with Gasteiger partial charge in [0.15, 0.2) is 0 Å². The smallest absolute Gasteiger partial charge is 0.409 e. The first-order valence-corrected chi connectivity index (χ1v) is 11.1. The molecule has 0 aromatic heterocycles. The summed E-state index contributed by atoms with van der Waals surface area (Å²) < 4.78 is 10.1. The van der Waals surface area contributed by atoms with E-state index in [1.807, 2.05) is 36.4 Å². The molecule has 1 aliphatic rings. The Kier molecular flexibility index (Phi) is 8.23. The molecule has 0 radical (unpaired) electrons. The van der Waals surface area contributed by atoms with Gasteiger partial charge in [0.05, 0.1) is 13.2 Å². The van der Waals surface area contributed by atoms with E-state index in [0.717, 1.165) is 10.8 Å². The number of benzene rings is 2. The first-order chi connectivity index (χ1) is 15.9. The Balaban J connectivity index is 1.65. The van der Waals surface area contributed by atoms with Gasteiger partial charge in [-0.15, -0.1) is 0 Å². The van der Waals surface area contributed by atoms with E-state index >= 15 is 0 Å². The van der Waals surface area contributed by atoms with Crippen LogP contribution in [0.3, 0.4) is 0 Å². The van der Waals surface area contributed by atoms with E-state index in [1.165, 1.54) is 9.80 Å². The molecule has 176 valence electrons. The number of rotatable bonds is 7. The van der Waals surface area contributed by atoms with Crippen molar-refractivity contribution in [2.45, 2.75) is 20.3 Å². The maximum absolute atomic E-state index is 13.1. The van der Waals surface area contributed by atoms with E-state index in [0.29, 0.717) is 18.8 Å². The van der Waals surface area contributed by atoms with Crippen molar-refractivity contribution in [3.63, 3.8) is 0 Å². The lowest BCUT2D eigenvalue weighted by Gasteiger charge is -2.35. The summed E-state index contributed by atoms with van der Waals surface area (Å²) in [5.41, 5.74) is 0.580. The second kappa shape index (κ2) is 11.3. The first kappa shape index (κ1) is 24.0. The molecule has 1 atom stereocenters. The van der Waals surface area contributed by atoms with Crippen molar-refractivity contribution >= 4 is 40.3 Å². The number of nitrogens with zero attached hydrogens (tertiary/aromatic N) is 2. The van der Waals surface area contributed by atoms with Crippen LogP contribution in [0.15, 0.2) is 42.5 Å². The molecular formula is C24H29N3O6. The zero-order chi connectivity index (χ0) is 23.8. The van der Waals surface area contributed by atoms with Gasteiger partial charge >= 0.3 is 12.1 Å². The third-order valence-corrected chi connectivity index (χ3v) is 5.41. The molecule has 0 bridgehead atoms. The SMILES string of the molecule is CCOC(=O)C(CC(=O)Nc1ccc2ccccc2c1)C(=O)N1CCN(C(=O)OCC)CC1. The summed E-state index contributed by atoms with van der Waals surface area (Å²) in [5.74, 6) is -2.92. The Bertz CT molecular complexity index is 1020. The van der Waals surface area contributed by atoms with Crippen molar-refractivity contribution < 1.29 is 28.7 Å². The fourth-order valence-corrected chi connectivity index (χ4v) is 3.72. The quantitative estimate of drug-likeness (QED) is 0.508. The number of carbonyl (C=O) groups is 4. The standard InChI is InChI=1S/C24H29N3O6/c1-3-32-23(30)20(22(29)26-11-13-27(14-12-26)24(31)33-4-2)16-21(28)25-19-10-9-17-7-5-6-8-18(17)15-19/h5-10,15,20H,3-4,11-14,16H2,1-2H3,(H,25,28). The van der Waals surface area contributed by atoms with Crippen LogP contribution in [0.25, 0.3) is 10.8 Å². The third-order valence-electron chi connectivity index (χ3n) is 5.41. The van der Waals surface area contributed by atoms with Crippen LogP contribution in [0.2, 0.25) is 0 Å². The molecule has 1 N–H and O–H groups in total. The monoisotopic (exact) mass is 455 g/mol. The number of carbonyl (C=O) groups excluding carboxylic acids is 4. The minimum atomic E-state index is -1.25. The zero-order valence-corrected chi connectivity index (χ0v) is 18.9. The summed E-state index contributed by atoms with van der Waals surface area (Å²) in [5, 5.41) is 4.77. The summed E-state index contributed by atoms with van der Waals surface area (Å²) in [6, 6.07) is 13.2. The Morgan fingerprint density at radius 1 is 0.879 bits per heavy atom. The number of ether oxygens (including phenoxy) is 2. The molecule has 3 rings (SSSR count). The van der Waals surface area contributed by atoms with Gasteiger partial charge in [0.2, 0.25) is 11.8 Å². The maximum Gasteiger partial charge on any atom is 0.409 e. The lowest BCUT2D eigenvalue weighted by Crippen LogP contribution is -2.53. The molecule has 1 unspecified atom stereocenters. The summed E-state index contributed by atoms with van der Waals surface area (Å²) in [6.45, 7) is 4.84. The highest BCUT2D eigenvalue weighted by molar-refractivity contribution is 6.04. The number of hydrogen-bond acceptors (Lipinski definition) is 6. The topological polar surface area (TPSA) is 105 Å². The van der Waals surface area contributed by atoms with E-state index in [1.54, 1.807) is 19.9 Å². The molecule has 0 spiro atoms. The van der Waals surface area contributed by atoms with Crippen molar-refractivity contribution in [2.75, 3.05) is 44.7 Å². The Labute approximate surface area is 192 Å². The second-order valence-corrected chi connectivity index (χ2v) is 7.63. The van der Waals surface area contributed by atoms with Gasteiger partial charge in [-0.1, -0.05) is 30.3 Å². The molecule has 0 aliphatic carbocycles. The van der Waals surface area contributed by atoms with Crippen molar-refractivity contribution in [1.82, 2.24) is 9.80 Å². The summed E-state index contributed by atoms with van der Waals surface area (Å²) >= 11 is 0. The number of piperazine rings is 1. The lowest BCUT2D eigenvalue weighted by molar-refractivity contribution is -0.157. The number of esters is 1.